The SMILES string of the molecule is CCCCCN(CCC)CCCN(C)CCOCC. The minimum absolute atomic E-state index is 0.829. The molecule has 0 aliphatic carbocycles. The van der Waals surface area contributed by atoms with E-state index in [1.807, 2.05) is 0 Å². The van der Waals surface area contributed by atoms with Crippen LogP contribution in [0.15, 0.2) is 0 Å². The van der Waals surface area contributed by atoms with Crippen LogP contribution < -0.4 is 0 Å². The molecule has 0 radical (unpaired) electrons. The van der Waals surface area contributed by atoms with Crippen LogP contribution in [0.4, 0.5) is 0 Å². The Morgan fingerprint density at radius 3 is 2.11 bits per heavy atom. The summed E-state index contributed by atoms with van der Waals surface area (Å²) in [4.78, 5) is 5.01. The van der Waals surface area contributed by atoms with E-state index in [1.54, 1.807) is 0 Å². The van der Waals surface area contributed by atoms with Crippen LogP contribution in [0.5, 0.6) is 0 Å². The topological polar surface area (TPSA) is 15.7 Å². The summed E-state index contributed by atoms with van der Waals surface area (Å²) in [5.41, 5.74) is 0. The molecule has 0 N–H and O–H groups in total. The largest absolute Gasteiger partial charge is 0.380 e. The van der Waals surface area contributed by atoms with Crippen LogP contribution in [0.2, 0.25) is 0 Å². The Bertz CT molecular complexity index is 176. The van der Waals surface area contributed by atoms with E-state index in [1.165, 1.54) is 58.3 Å². The van der Waals surface area contributed by atoms with E-state index in [2.05, 4.69) is 37.6 Å². The quantitative estimate of drug-likeness (QED) is 0.451. The predicted octanol–water partition coefficient (Wildman–Crippen LogP) is 3.25. The van der Waals surface area contributed by atoms with Gasteiger partial charge in [0.1, 0.15) is 0 Å². The molecule has 0 aromatic rings. The summed E-state index contributed by atoms with van der Waals surface area (Å²) in [6.07, 6.45) is 6.59. The van der Waals surface area contributed by atoms with Crippen molar-refractivity contribution in [3.63, 3.8) is 0 Å². The molecular weight excluding hydrogens is 236 g/mol. The molecule has 116 valence electrons. The Hall–Kier alpha value is -0.120. The van der Waals surface area contributed by atoms with E-state index in [0.717, 1.165) is 19.8 Å². The van der Waals surface area contributed by atoms with Crippen LogP contribution in [0.25, 0.3) is 0 Å². The second kappa shape index (κ2) is 14.3. The van der Waals surface area contributed by atoms with Gasteiger partial charge in [0.15, 0.2) is 0 Å². The van der Waals surface area contributed by atoms with Crippen LogP contribution in [-0.2, 0) is 4.74 Å². The smallest absolute Gasteiger partial charge is 0.0593 e. The first-order chi connectivity index (χ1) is 9.24. The zero-order chi connectivity index (χ0) is 14.3. The molecule has 3 nitrogen and oxygen atoms in total. The Balaban J connectivity index is 3.60. The van der Waals surface area contributed by atoms with Crippen molar-refractivity contribution in [2.24, 2.45) is 0 Å². The lowest BCUT2D eigenvalue weighted by atomic mass is 10.2. The van der Waals surface area contributed by atoms with Gasteiger partial charge < -0.3 is 14.5 Å². The van der Waals surface area contributed by atoms with Crippen molar-refractivity contribution < 1.29 is 4.74 Å². The van der Waals surface area contributed by atoms with Crippen LogP contribution in [-0.4, -0.2) is 62.8 Å². The molecule has 0 aliphatic rings. The van der Waals surface area contributed by atoms with Crippen molar-refractivity contribution in [2.75, 3.05) is 53.0 Å². The third-order valence-electron chi connectivity index (χ3n) is 3.45. The Labute approximate surface area is 121 Å². The maximum absolute atomic E-state index is 5.38. The minimum atomic E-state index is 0.829. The Morgan fingerprint density at radius 1 is 0.737 bits per heavy atom. The normalized spacial score (nSPS) is 11.7. The Kier molecular flexibility index (Phi) is 14.2. The molecule has 0 rings (SSSR count). The fraction of sp³-hybridized carbons (Fsp3) is 1.00. The maximum Gasteiger partial charge on any atom is 0.0593 e. The fourth-order valence-corrected chi connectivity index (χ4v) is 2.28. The first-order valence-corrected chi connectivity index (χ1v) is 8.23. The summed E-state index contributed by atoms with van der Waals surface area (Å²) in [6.45, 7) is 14.3. The summed E-state index contributed by atoms with van der Waals surface area (Å²) < 4.78 is 5.38. The van der Waals surface area contributed by atoms with Crippen molar-refractivity contribution in [3.8, 4) is 0 Å². The highest BCUT2D eigenvalue weighted by Gasteiger charge is 2.04. The summed E-state index contributed by atoms with van der Waals surface area (Å²) >= 11 is 0. The first kappa shape index (κ1) is 18.9. The Morgan fingerprint density at radius 2 is 1.47 bits per heavy atom. The van der Waals surface area contributed by atoms with E-state index in [9.17, 15) is 0 Å². The average Bonchev–Trinajstić information content (AvgIpc) is 2.39. The van der Waals surface area contributed by atoms with Crippen molar-refractivity contribution in [3.05, 3.63) is 0 Å². The van der Waals surface area contributed by atoms with Gasteiger partial charge in [0.25, 0.3) is 0 Å². The van der Waals surface area contributed by atoms with E-state index in [0.29, 0.717) is 0 Å². The average molecular weight is 272 g/mol. The maximum atomic E-state index is 5.38. The second-order valence-electron chi connectivity index (χ2n) is 5.40. The third kappa shape index (κ3) is 12.6. The van der Waals surface area contributed by atoms with Gasteiger partial charge in [-0.2, -0.15) is 0 Å². The first-order valence-electron chi connectivity index (χ1n) is 8.23. The lowest BCUT2D eigenvalue weighted by Gasteiger charge is -2.23. The molecule has 0 spiro atoms. The number of rotatable bonds is 14. The lowest BCUT2D eigenvalue weighted by Crippen LogP contribution is -2.31. The van der Waals surface area contributed by atoms with Gasteiger partial charge in [-0.05, 0) is 59.4 Å². The van der Waals surface area contributed by atoms with Gasteiger partial charge in [0, 0.05) is 13.2 Å². The molecule has 0 aromatic heterocycles. The van der Waals surface area contributed by atoms with Gasteiger partial charge in [-0.25, -0.2) is 0 Å². The monoisotopic (exact) mass is 272 g/mol. The number of likely N-dealkylation sites (N-methyl/N-ethyl adjacent to an activating group) is 1. The molecule has 19 heavy (non-hydrogen) atoms. The van der Waals surface area contributed by atoms with Gasteiger partial charge in [-0.15, -0.1) is 0 Å². The van der Waals surface area contributed by atoms with Gasteiger partial charge in [-0.1, -0.05) is 26.7 Å². The molecule has 0 amide bonds. The number of hydrogen-bond acceptors (Lipinski definition) is 3. The fourth-order valence-electron chi connectivity index (χ4n) is 2.28. The van der Waals surface area contributed by atoms with Gasteiger partial charge in [0.2, 0.25) is 0 Å². The van der Waals surface area contributed by atoms with E-state index < -0.39 is 0 Å². The molecule has 3 heteroatoms. The number of ether oxygens (including phenoxy) is 1. The highest BCUT2D eigenvalue weighted by Crippen LogP contribution is 2.01. The molecular formula is C16H36N2O. The van der Waals surface area contributed by atoms with E-state index in [-0.39, 0.29) is 0 Å². The van der Waals surface area contributed by atoms with Crippen molar-refractivity contribution >= 4 is 0 Å². The van der Waals surface area contributed by atoms with Crippen molar-refractivity contribution in [1.82, 2.24) is 9.80 Å². The standard InChI is InChI=1S/C16H36N2O/c1-5-8-9-13-18(11-6-2)14-10-12-17(4)15-16-19-7-3/h5-16H2,1-4H3. The van der Waals surface area contributed by atoms with E-state index in [4.69, 9.17) is 4.74 Å². The molecule has 0 bridgehead atoms. The number of hydrogen-bond donors (Lipinski definition) is 0. The van der Waals surface area contributed by atoms with Gasteiger partial charge >= 0.3 is 0 Å². The highest BCUT2D eigenvalue weighted by atomic mass is 16.5. The number of nitrogens with zero attached hydrogens (tertiary/aromatic N) is 2. The molecule has 0 atom stereocenters. The van der Waals surface area contributed by atoms with Gasteiger partial charge in [-0.3, -0.25) is 0 Å². The zero-order valence-corrected chi connectivity index (χ0v) is 13.8. The summed E-state index contributed by atoms with van der Waals surface area (Å²) in [6, 6.07) is 0. The molecule has 0 saturated heterocycles. The predicted molar refractivity (Wildman–Crippen MR) is 84.9 cm³/mol. The molecule has 0 heterocycles. The lowest BCUT2D eigenvalue weighted by molar-refractivity contribution is 0.120. The summed E-state index contributed by atoms with van der Waals surface area (Å²) in [5.74, 6) is 0. The van der Waals surface area contributed by atoms with Gasteiger partial charge in [0.05, 0.1) is 6.61 Å². The highest BCUT2D eigenvalue weighted by molar-refractivity contribution is 4.60. The van der Waals surface area contributed by atoms with Crippen molar-refractivity contribution in [2.45, 2.75) is 52.9 Å². The molecule has 0 aliphatic heterocycles. The minimum Gasteiger partial charge on any atom is -0.380 e. The van der Waals surface area contributed by atoms with Crippen LogP contribution in [0.1, 0.15) is 52.9 Å². The van der Waals surface area contributed by atoms with Crippen LogP contribution in [0, 0.1) is 0 Å². The molecule has 0 fully saturated rings. The van der Waals surface area contributed by atoms with Crippen LogP contribution >= 0.6 is 0 Å². The summed E-state index contributed by atoms with van der Waals surface area (Å²) in [5, 5.41) is 0. The second-order valence-corrected chi connectivity index (χ2v) is 5.40. The molecule has 0 aromatic carbocycles. The third-order valence-corrected chi connectivity index (χ3v) is 3.45. The summed E-state index contributed by atoms with van der Waals surface area (Å²) in [7, 11) is 2.19. The van der Waals surface area contributed by atoms with Crippen LogP contribution in [0.3, 0.4) is 0 Å². The number of unbranched alkanes of at least 4 members (excludes halogenated alkanes) is 2. The van der Waals surface area contributed by atoms with Crippen molar-refractivity contribution in [1.29, 1.82) is 0 Å². The molecule has 0 unspecified atom stereocenters. The zero-order valence-electron chi connectivity index (χ0n) is 13.8. The van der Waals surface area contributed by atoms with E-state index >= 15 is 0 Å². The molecule has 0 saturated carbocycles.